The Hall–Kier alpha value is -2.60. The van der Waals surface area contributed by atoms with Gasteiger partial charge in [-0.15, -0.1) is 5.10 Å². The number of benzene rings is 2. The molecule has 0 saturated carbocycles. The second kappa shape index (κ2) is 6.13. The lowest BCUT2D eigenvalue weighted by Crippen LogP contribution is -2.50. The zero-order valence-corrected chi connectivity index (χ0v) is 14.0. The lowest BCUT2D eigenvalue weighted by Gasteiger charge is -2.34. The summed E-state index contributed by atoms with van der Waals surface area (Å²) in [6.07, 6.45) is -0.338. The highest BCUT2D eigenvalue weighted by Gasteiger charge is 2.34. The molecule has 0 radical (unpaired) electrons. The van der Waals surface area contributed by atoms with Crippen LogP contribution in [0.15, 0.2) is 64.7 Å². The Morgan fingerprint density at radius 1 is 1.12 bits per heavy atom. The molecule has 1 atom stereocenters. The summed E-state index contributed by atoms with van der Waals surface area (Å²) in [6, 6.07) is 17.6. The van der Waals surface area contributed by atoms with E-state index in [0.29, 0.717) is 10.9 Å². The number of amidine groups is 1. The number of rotatable bonds is 2. The molecule has 1 N–H and O–H groups in total. The van der Waals surface area contributed by atoms with E-state index < -0.39 is 0 Å². The molecule has 0 bridgehead atoms. The van der Waals surface area contributed by atoms with Gasteiger partial charge in [-0.3, -0.25) is 15.1 Å². The molecule has 2 aliphatic rings. The van der Waals surface area contributed by atoms with Crippen LogP contribution in [0.3, 0.4) is 0 Å². The van der Waals surface area contributed by atoms with Crippen molar-refractivity contribution in [1.29, 1.82) is 0 Å². The molecule has 2 aromatic carbocycles. The number of carbonyl (C=O) groups is 1. The second-order valence-electron chi connectivity index (χ2n) is 5.42. The summed E-state index contributed by atoms with van der Waals surface area (Å²) in [6.45, 7) is 2.03. The molecule has 0 aromatic heterocycles. The Bertz CT molecular complexity index is 939. The zero-order chi connectivity index (χ0) is 16.5. The minimum absolute atomic E-state index is 0.135. The first-order chi connectivity index (χ1) is 11.8. The van der Waals surface area contributed by atoms with Crippen LogP contribution in [0.2, 0.25) is 0 Å². The summed E-state index contributed by atoms with van der Waals surface area (Å²) < 4.78 is 0. The van der Waals surface area contributed by atoms with E-state index in [2.05, 4.69) is 10.4 Å². The Kier molecular flexibility index (Phi) is 3.82. The van der Waals surface area contributed by atoms with Gasteiger partial charge in [0.2, 0.25) is 0 Å². The average molecular weight is 336 g/mol. The van der Waals surface area contributed by atoms with Gasteiger partial charge < -0.3 is 0 Å². The number of nitrogens with one attached hydrogen (secondary N) is 1. The number of thioether (sulfide) groups is 1. The van der Waals surface area contributed by atoms with Crippen LogP contribution in [0.1, 0.15) is 18.7 Å². The quantitative estimate of drug-likeness (QED) is 0.906. The fraction of sp³-hybridized carbons (Fsp3) is 0.167. The van der Waals surface area contributed by atoms with Gasteiger partial charge >= 0.3 is 0 Å². The molecule has 5 nitrogen and oxygen atoms in total. The summed E-state index contributed by atoms with van der Waals surface area (Å²) in [5.41, 5.74) is 1.55. The summed E-state index contributed by atoms with van der Waals surface area (Å²) in [4.78, 5) is 17.6. The third-order valence-electron chi connectivity index (χ3n) is 3.89. The van der Waals surface area contributed by atoms with Crippen molar-refractivity contribution in [2.45, 2.75) is 13.1 Å². The molecule has 120 valence electrons. The highest BCUT2D eigenvalue weighted by Crippen LogP contribution is 2.30. The Balaban J connectivity index is 1.96. The molecule has 2 heterocycles. The van der Waals surface area contributed by atoms with E-state index in [-0.39, 0.29) is 12.1 Å². The van der Waals surface area contributed by atoms with Gasteiger partial charge in [-0.1, -0.05) is 67.2 Å². The van der Waals surface area contributed by atoms with Gasteiger partial charge in [0.25, 0.3) is 5.91 Å². The van der Waals surface area contributed by atoms with Crippen LogP contribution in [0.25, 0.3) is 5.70 Å². The highest BCUT2D eigenvalue weighted by atomic mass is 32.2. The molecular formula is C18H16N4OS. The predicted octanol–water partition coefficient (Wildman–Crippen LogP) is 1.58. The first-order valence-corrected chi connectivity index (χ1v) is 8.80. The topological polar surface area (TPSA) is 57.1 Å². The SMILES string of the molecule is CCSC1=NN2C(=c3ccccc3=N[C@@H]2c2ccccc2)C(=O)N1. The van der Waals surface area contributed by atoms with E-state index >= 15 is 0 Å². The molecule has 1 amide bonds. The minimum Gasteiger partial charge on any atom is -0.298 e. The molecule has 2 aliphatic heterocycles. The molecular weight excluding hydrogens is 320 g/mol. The van der Waals surface area contributed by atoms with Gasteiger partial charge in [0.1, 0.15) is 5.70 Å². The van der Waals surface area contributed by atoms with Gasteiger partial charge in [0, 0.05) is 5.22 Å². The van der Waals surface area contributed by atoms with Crippen LogP contribution in [-0.2, 0) is 4.79 Å². The average Bonchev–Trinajstić information content (AvgIpc) is 2.62. The van der Waals surface area contributed by atoms with E-state index in [1.54, 1.807) is 5.01 Å². The molecule has 4 rings (SSSR count). The molecule has 6 heteroatoms. The lowest BCUT2D eigenvalue weighted by molar-refractivity contribution is -0.116. The molecule has 0 saturated heterocycles. The normalized spacial score (nSPS) is 19.0. The Labute approximate surface area is 143 Å². The first-order valence-electron chi connectivity index (χ1n) is 7.82. The van der Waals surface area contributed by atoms with Crippen LogP contribution < -0.4 is 15.9 Å². The van der Waals surface area contributed by atoms with E-state index in [1.807, 2.05) is 61.5 Å². The van der Waals surface area contributed by atoms with Crippen molar-refractivity contribution in [3.63, 3.8) is 0 Å². The van der Waals surface area contributed by atoms with E-state index in [4.69, 9.17) is 4.99 Å². The molecule has 24 heavy (non-hydrogen) atoms. The van der Waals surface area contributed by atoms with Crippen molar-refractivity contribution in [1.82, 2.24) is 10.3 Å². The molecule has 0 spiro atoms. The van der Waals surface area contributed by atoms with Crippen LogP contribution in [-0.4, -0.2) is 21.8 Å². The number of hydrogen-bond donors (Lipinski definition) is 1. The van der Waals surface area contributed by atoms with Crippen LogP contribution in [0, 0.1) is 0 Å². The number of hydrazone groups is 1. The highest BCUT2D eigenvalue weighted by molar-refractivity contribution is 8.13. The van der Waals surface area contributed by atoms with Crippen molar-refractivity contribution in [2.75, 3.05) is 5.75 Å². The van der Waals surface area contributed by atoms with Crippen molar-refractivity contribution in [3.8, 4) is 0 Å². The number of carbonyl (C=O) groups excluding carboxylic acids is 1. The smallest absolute Gasteiger partial charge is 0.276 e. The molecule has 0 aliphatic carbocycles. The fourth-order valence-electron chi connectivity index (χ4n) is 2.87. The standard InChI is InChI=1S/C18H16N4OS/c1-2-24-18-20-17(23)15-13-10-6-7-11-14(13)19-16(22(15)21-18)12-8-4-3-5-9-12/h3-11,16H,2H2,1H3,(H,20,21,23)/t16-/m0/s1. The number of hydrogen-bond acceptors (Lipinski definition) is 5. The first kappa shape index (κ1) is 15.0. The second-order valence-corrected chi connectivity index (χ2v) is 6.67. The van der Waals surface area contributed by atoms with Gasteiger partial charge in [-0.05, 0) is 17.4 Å². The number of para-hydroxylation sites is 1. The lowest BCUT2D eigenvalue weighted by atomic mass is 10.1. The Morgan fingerprint density at radius 3 is 2.67 bits per heavy atom. The molecule has 0 fully saturated rings. The maximum atomic E-state index is 12.7. The predicted molar refractivity (Wildman–Crippen MR) is 95.4 cm³/mol. The maximum Gasteiger partial charge on any atom is 0.276 e. The van der Waals surface area contributed by atoms with Crippen LogP contribution >= 0.6 is 11.8 Å². The summed E-state index contributed by atoms with van der Waals surface area (Å²) in [7, 11) is 0. The van der Waals surface area contributed by atoms with Crippen molar-refractivity contribution < 1.29 is 4.79 Å². The number of nitrogens with zero attached hydrogens (tertiary/aromatic N) is 3. The van der Waals surface area contributed by atoms with E-state index in [1.165, 1.54) is 11.8 Å². The summed E-state index contributed by atoms with van der Waals surface area (Å²) >= 11 is 1.51. The maximum absolute atomic E-state index is 12.7. The molecule has 2 aromatic rings. The van der Waals surface area contributed by atoms with Gasteiger partial charge in [0.15, 0.2) is 11.3 Å². The van der Waals surface area contributed by atoms with Crippen LogP contribution in [0.4, 0.5) is 0 Å². The van der Waals surface area contributed by atoms with Gasteiger partial charge in [-0.25, -0.2) is 5.01 Å². The van der Waals surface area contributed by atoms with Crippen LogP contribution in [0.5, 0.6) is 0 Å². The van der Waals surface area contributed by atoms with Crippen molar-refractivity contribution in [2.24, 2.45) is 10.1 Å². The summed E-state index contributed by atoms with van der Waals surface area (Å²) in [5, 5.41) is 11.5. The summed E-state index contributed by atoms with van der Waals surface area (Å²) in [5.74, 6) is 0.704. The monoisotopic (exact) mass is 336 g/mol. The molecule has 0 unspecified atom stereocenters. The third-order valence-corrected chi connectivity index (χ3v) is 4.64. The van der Waals surface area contributed by atoms with E-state index in [9.17, 15) is 4.79 Å². The number of fused-ring (bicyclic) bond motifs is 2. The fourth-order valence-corrected chi connectivity index (χ4v) is 3.46. The minimum atomic E-state index is -0.338. The van der Waals surface area contributed by atoms with Gasteiger partial charge in [0.05, 0.1) is 5.36 Å². The van der Waals surface area contributed by atoms with Gasteiger partial charge in [-0.2, -0.15) is 0 Å². The van der Waals surface area contributed by atoms with E-state index in [0.717, 1.165) is 21.9 Å². The largest absolute Gasteiger partial charge is 0.298 e. The van der Waals surface area contributed by atoms with Crippen molar-refractivity contribution in [3.05, 3.63) is 70.7 Å². The zero-order valence-electron chi connectivity index (χ0n) is 13.1. The third kappa shape index (κ3) is 2.49. The van der Waals surface area contributed by atoms with Crippen molar-refractivity contribution >= 4 is 28.5 Å². The number of amides is 1. The Morgan fingerprint density at radius 2 is 1.88 bits per heavy atom.